The summed E-state index contributed by atoms with van der Waals surface area (Å²) < 4.78 is 0. The fourth-order valence-electron chi connectivity index (χ4n) is 2.09. The summed E-state index contributed by atoms with van der Waals surface area (Å²) in [6.45, 7) is 4.21. The molecule has 2 heterocycles. The number of aromatic nitrogens is 1. The molecule has 1 aliphatic rings. The summed E-state index contributed by atoms with van der Waals surface area (Å²) in [4.78, 5) is 7.76. The number of H-pyrrole nitrogens is 1. The Morgan fingerprint density at radius 1 is 1.18 bits per heavy atom. The summed E-state index contributed by atoms with van der Waals surface area (Å²) in [7, 11) is 0. The number of aromatic amines is 1. The number of hydrogen-bond donors (Lipinski definition) is 1. The van der Waals surface area contributed by atoms with Crippen molar-refractivity contribution in [2.24, 2.45) is 4.99 Å². The third-order valence-electron chi connectivity index (χ3n) is 3.16. The van der Waals surface area contributed by atoms with Crippen molar-refractivity contribution in [2.45, 2.75) is 13.8 Å². The van der Waals surface area contributed by atoms with Crippen molar-refractivity contribution < 1.29 is 0 Å². The second-order valence-corrected chi connectivity index (χ2v) is 4.41. The molecule has 2 aromatic rings. The Kier molecular flexibility index (Phi) is 2.22. The minimum absolute atomic E-state index is 1.05. The molecule has 0 amide bonds. The molecule has 84 valence electrons. The molecule has 1 aromatic heterocycles. The van der Waals surface area contributed by atoms with E-state index in [4.69, 9.17) is 0 Å². The van der Waals surface area contributed by atoms with Crippen molar-refractivity contribution in [1.29, 1.82) is 0 Å². The van der Waals surface area contributed by atoms with Crippen LogP contribution in [0.1, 0.15) is 22.5 Å². The number of hydrogen-bond acceptors (Lipinski definition) is 1. The molecule has 2 heteroatoms. The van der Waals surface area contributed by atoms with E-state index in [2.05, 4.69) is 42.0 Å². The molecular formula is C15H14N2. The minimum Gasteiger partial charge on any atom is -0.359 e. The number of benzene rings is 1. The predicted octanol–water partition coefficient (Wildman–Crippen LogP) is 3.89. The number of para-hydroxylation sites is 1. The first-order chi connectivity index (χ1) is 8.24. The van der Waals surface area contributed by atoms with E-state index >= 15 is 0 Å². The number of nitrogens with one attached hydrogen (secondary N) is 1. The lowest BCUT2D eigenvalue weighted by molar-refractivity contribution is 1.22. The highest BCUT2D eigenvalue weighted by Gasteiger charge is 2.11. The van der Waals surface area contributed by atoms with Gasteiger partial charge < -0.3 is 4.98 Å². The first kappa shape index (κ1) is 10.1. The highest BCUT2D eigenvalue weighted by Crippen LogP contribution is 2.32. The van der Waals surface area contributed by atoms with Crippen LogP contribution in [-0.2, 0) is 0 Å². The Balaban J connectivity index is 2.05. The Morgan fingerprint density at radius 2 is 2.00 bits per heavy atom. The summed E-state index contributed by atoms with van der Waals surface area (Å²) >= 11 is 0. The maximum Gasteiger partial charge on any atom is 0.0708 e. The van der Waals surface area contributed by atoms with E-state index in [0.29, 0.717) is 0 Å². The lowest BCUT2D eigenvalue weighted by atomic mass is 10.1. The van der Waals surface area contributed by atoms with E-state index in [1.54, 1.807) is 0 Å². The Bertz CT molecular complexity index is 611. The minimum atomic E-state index is 1.05. The van der Waals surface area contributed by atoms with Gasteiger partial charge in [-0.15, -0.1) is 0 Å². The van der Waals surface area contributed by atoms with Gasteiger partial charge >= 0.3 is 0 Å². The number of aryl methyl sites for hydroxylation is 2. The van der Waals surface area contributed by atoms with Gasteiger partial charge in [-0.2, -0.15) is 0 Å². The molecule has 0 aliphatic carbocycles. The van der Waals surface area contributed by atoms with Crippen LogP contribution >= 0.6 is 0 Å². The predicted molar refractivity (Wildman–Crippen MR) is 72.7 cm³/mol. The van der Waals surface area contributed by atoms with Crippen LogP contribution in [0.4, 0.5) is 5.69 Å². The smallest absolute Gasteiger partial charge is 0.0708 e. The highest BCUT2D eigenvalue weighted by atomic mass is 14.8. The van der Waals surface area contributed by atoms with Gasteiger partial charge in [-0.05, 0) is 37.6 Å². The van der Waals surface area contributed by atoms with Crippen LogP contribution in [0, 0.1) is 13.8 Å². The molecule has 0 atom stereocenters. The van der Waals surface area contributed by atoms with Crippen LogP contribution in [0.25, 0.3) is 11.6 Å². The average Bonchev–Trinajstić information content (AvgIpc) is 2.85. The first-order valence-electron chi connectivity index (χ1n) is 5.75. The van der Waals surface area contributed by atoms with E-state index in [-0.39, 0.29) is 0 Å². The molecule has 0 spiro atoms. The molecule has 0 bridgehead atoms. The van der Waals surface area contributed by atoms with Gasteiger partial charge in [0.05, 0.1) is 5.69 Å². The third kappa shape index (κ3) is 1.72. The summed E-state index contributed by atoms with van der Waals surface area (Å²) in [5, 5.41) is 0. The Hall–Kier alpha value is -2.09. The largest absolute Gasteiger partial charge is 0.359 e. The maximum atomic E-state index is 4.40. The van der Waals surface area contributed by atoms with Crippen molar-refractivity contribution in [1.82, 2.24) is 4.98 Å². The Labute approximate surface area is 101 Å². The summed E-state index contributed by atoms with van der Waals surface area (Å²) in [5.41, 5.74) is 7.08. The molecule has 1 aliphatic heterocycles. The van der Waals surface area contributed by atoms with E-state index in [9.17, 15) is 0 Å². The number of nitrogens with zero attached hydrogens (tertiary/aromatic N) is 1. The fraction of sp³-hybridized carbons (Fsp3) is 0.133. The van der Waals surface area contributed by atoms with E-state index in [1.165, 1.54) is 22.4 Å². The highest BCUT2D eigenvalue weighted by molar-refractivity contribution is 6.21. The van der Waals surface area contributed by atoms with E-state index in [1.807, 2.05) is 24.4 Å². The topological polar surface area (TPSA) is 28.1 Å². The number of fused-ring (bicyclic) bond motifs is 1. The van der Waals surface area contributed by atoms with Gasteiger partial charge in [0.1, 0.15) is 0 Å². The molecular weight excluding hydrogens is 208 g/mol. The first-order valence-corrected chi connectivity index (χ1v) is 5.75. The summed E-state index contributed by atoms with van der Waals surface area (Å²) in [5.74, 6) is 0. The van der Waals surface area contributed by atoms with E-state index in [0.717, 1.165) is 11.4 Å². The molecule has 1 N–H and O–H groups in total. The zero-order chi connectivity index (χ0) is 11.8. The van der Waals surface area contributed by atoms with Gasteiger partial charge in [0.25, 0.3) is 0 Å². The molecule has 3 rings (SSSR count). The second kappa shape index (κ2) is 3.74. The van der Waals surface area contributed by atoms with Crippen molar-refractivity contribution in [2.75, 3.05) is 0 Å². The quantitative estimate of drug-likeness (QED) is 0.758. The maximum absolute atomic E-state index is 4.40. The van der Waals surface area contributed by atoms with Crippen molar-refractivity contribution in [3.63, 3.8) is 0 Å². The van der Waals surface area contributed by atoms with Gasteiger partial charge in [-0.25, -0.2) is 0 Å². The van der Waals surface area contributed by atoms with Crippen molar-refractivity contribution >= 4 is 23.6 Å². The zero-order valence-electron chi connectivity index (χ0n) is 9.99. The second-order valence-electron chi connectivity index (χ2n) is 4.41. The van der Waals surface area contributed by atoms with Crippen LogP contribution in [0.2, 0.25) is 0 Å². The number of aliphatic imine (C=N–C) groups is 1. The van der Waals surface area contributed by atoms with Gasteiger partial charge in [0, 0.05) is 28.7 Å². The zero-order valence-corrected chi connectivity index (χ0v) is 9.99. The molecule has 0 radical (unpaired) electrons. The SMILES string of the molecule is Cc1cc(C=C2C=Nc3ccccc32)[nH]c1C. The van der Waals surface area contributed by atoms with Crippen molar-refractivity contribution in [3.05, 3.63) is 52.8 Å². The van der Waals surface area contributed by atoms with Gasteiger partial charge in [-0.1, -0.05) is 18.2 Å². The van der Waals surface area contributed by atoms with Crippen molar-refractivity contribution in [3.8, 4) is 0 Å². The molecule has 1 aromatic carbocycles. The normalized spacial score (nSPS) is 15.5. The lowest BCUT2D eigenvalue weighted by Crippen LogP contribution is -1.80. The third-order valence-corrected chi connectivity index (χ3v) is 3.16. The van der Waals surface area contributed by atoms with Gasteiger partial charge in [0.2, 0.25) is 0 Å². The van der Waals surface area contributed by atoms with Crippen LogP contribution in [0.3, 0.4) is 0 Å². The molecule has 0 unspecified atom stereocenters. The van der Waals surface area contributed by atoms with Crippen LogP contribution in [0.15, 0.2) is 35.3 Å². The molecule has 0 fully saturated rings. The monoisotopic (exact) mass is 222 g/mol. The number of rotatable bonds is 1. The lowest BCUT2D eigenvalue weighted by Gasteiger charge is -1.97. The van der Waals surface area contributed by atoms with Crippen LogP contribution in [-0.4, -0.2) is 11.2 Å². The van der Waals surface area contributed by atoms with E-state index < -0.39 is 0 Å². The fourth-order valence-corrected chi connectivity index (χ4v) is 2.09. The standard InChI is InChI=1S/C15H14N2/c1-10-7-13(17-11(10)2)8-12-9-16-15-6-4-3-5-14(12)15/h3-9,17H,1-2H3. The van der Waals surface area contributed by atoms with Gasteiger partial charge in [-0.3, -0.25) is 4.99 Å². The van der Waals surface area contributed by atoms with Crippen LogP contribution < -0.4 is 0 Å². The molecule has 2 nitrogen and oxygen atoms in total. The van der Waals surface area contributed by atoms with Gasteiger partial charge in [0.15, 0.2) is 0 Å². The molecule has 0 saturated heterocycles. The summed E-state index contributed by atoms with van der Waals surface area (Å²) in [6.07, 6.45) is 4.07. The average molecular weight is 222 g/mol. The molecule has 0 saturated carbocycles. The molecule has 17 heavy (non-hydrogen) atoms. The Morgan fingerprint density at radius 3 is 2.76 bits per heavy atom. The van der Waals surface area contributed by atoms with Crippen LogP contribution in [0.5, 0.6) is 0 Å². The summed E-state index contributed by atoms with van der Waals surface area (Å²) in [6, 6.07) is 10.4. The number of allylic oxidation sites excluding steroid dienone is 1.